The number of carbonyl (C=O) groups is 2. The molecule has 2 heterocycles. The number of hydrogen-bond donors (Lipinski definition) is 2. The van der Waals surface area contributed by atoms with Crippen LogP contribution < -0.4 is 5.32 Å². The van der Waals surface area contributed by atoms with Crippen LogP contribution in [-0.4, -0.2) is 45.5 Å². The molecular formula is C12H14F3N3O3S. The fraction of sp³-hybridized carbons (Fsp3) is 0.583. The minimum absolute atomic E-state index is 0.0723. The van der Waals surface area contributed by atoms with Crippen LogP contribution in [0.4, 0.5) is 13.2 Å². The van der Waals surface area contributed by atoms with Gasteiger partial charge in [-0.2, -0.15) is 13.2 Å². The Bertz CT molecular complexity index is 575. The average molecular weight is 337 g/mol. The van der Waals surface area contributed by atoms with Crippen LogP contribution in [0, 0.1) is 0 Å². The van der Waals surface area contributed by atoms with E-state index in [0.717, 1.165) is 16.7 Å². The molecule has 0 radical (unpaired) electrons. The Hall–Kier alpha value is -1.68. The molecule has 22 heavy (non-hydrogen) atoms. The summed E-state index contributed by atoms with van der Waals surface area (Å²) in [6, 6.07) is -0.811. The molecule has 10 heteroatoms. The van der Waals surface area contributed by atoms with Crippen molar-refractivity contribution >= 4 is 23.2 Å². The van der Waals surface area contributed by atoms with Gasteiger partial charge in [0.25, 0.3) is 0 Å². The first-order valence-electron chi connectivity index (χ1n) is 6.43. The number of aliphatic hydroxyl groups excluding tert-OH is 1. The second-order valence-corrected chi connectivity index (χ2v) is 5.86. The van der Waals surface area contributed by atoms with Gasteiger partial charge in [0.15, 0.2) is 5.69 Å². The highest BCUT2D eigenvalue weighted by molar-refractivity contribution is 7.09. The number of β-amino-alcohol motifs (C(OH)–C–C–N with tert-alkyl or cyclic N) is 1. The summed E-state index contributed by atoms with van der Waals surface area (Å²) >= 11 is 0.793. The van der Waals surface area contributed by atoms with Crippen molar-refractivity contribution < 1.29 is 27.9 Å². The Kier molecular flexibility index (Phi) is 4.71. The molecule has 0 unspecified atom stereocenters. The molecule has 0 bridgehead atoms. The zero-order chi connectivity index (χ0) is 16.5. The lowest BCUT2D eigenvalue weighted by Gasteiger charge is -2.21. The second-order valence-electron chi connectivity index (χ2n) is 4.92. The number of rotatable bonds is 3. The third kappa shape index (κ3) is 3.74. The first kappa shape index (κ1) is 16.7. The summed E-state index contributed by atoms with van der Waals surface area (Å²) in [6.07, 6.45) is -5.19. The molecule has 1 saturated heterocycles. The highest BCUT2D eigenvalue weighted by atomic mass is 32.1. The van der Waals surface area contributed by atoms with E-state index in [9.17, 15) is 27.9 Å². The van der Waals surface area contributed by atoms with Gasteiger partial charge >= 0.3 is 6.18 Å². The minimum Gasteiger partial charge on any atom is -0.391 e. The third-order valence-electron chi connectivity index (χ3n) is 3.24. The van der Waals surface area contributed by atoms with Gasteiger partial charge in [0.2, 0.25) is 11.8 Å². The molecule has 0 spiro atoms. The van der Waals surface area contributed by atoms with Gasteiger partial charge in [0.1, 0.15) is 11.0 Å². The summed E-state index contributed by atoms with van der Waals surface area (Å²) in [5.41, 5.74) is -0.997. The van der Waals surface area contributed by atoms with E-state index >= 15 is 0 Å². The average Bonchev–Trinajstić information content (AvgIpc) is 3.01. The van der Waals surface area contributed by atoms with E-state index in [-0.39, 0.29) is 30.4 Å². The largest absolute Gasteiger partial charge is 0.434 e. The lowest BCUT2D eigenvalue weighted by atomic mass is 10.2. The van der Waals surface area contributed by atoms with Gasteiger partial charge in [-0.1, -0.05) is 0 Å². The molecular weight excluding hydrogens is 323 g/mol. The van der Waals surface area contributed by atoms with Crippen LogP contribution in [0.3, 0.4) is 0 Å². The van der Waals surface area contributed by atoms with Crippen LogP contribution in [-0.2, 0) is 22.3 Å². The Labute approximate surface area is 127 Å². The Morgan fingerprint density at radius 1 is 1.55 bits per heavy atom. The van der Waals surface area contributed by atoms with Crippen molar-refractivity contribution in [3.05, 3.63) is 16.1 Å². The summed E-state index contributed by atoms with van der Waals surface area (Å²) in [5.74, 6) is -0.860. The standard InChI is InChI=1S/C12H14F3N3O3S/c1-6(19)18-4-7(20)2-8(18)11(21)16-3-10-17-9(5-22-10)12(13,14)15/h5,7-8,20H,2-4H2,1H3,(H,16,21)/t7-,8-/m1/s1. The highest BCUT2D eigenvalue weighted by Gasteiger charge is 2.37. The molecule has 1 aromatic heterocycles. The maximum Gasteiger partial charge on any atom is 0.434 e. The normalized spacial score (nSPS) is 22.0. The van der Waals surface area contributed by atoms with Crippen LogP contribution in [0.15, 0.2) is 5.38 Å². The summed E-state index contributed by atoms with van der Waals surface area (Å²) in [4.78, 5) is 28.1. The number of aromatic nitrogens is 1. The molecule has 1 aliphatic heterocycles. The maximum atomic E-state index is 12.4. The van der Waals surface area contributed by atoms with Crippen LogP contribution in [0.25, 0.3) is 0 Å². The molecule has 0 aliphatic carbocycles. The number of hydrogen-bond acceptors (Lipinski definition) is 5. The molecule has 1 aromatic rings. The third-order valence-corrected chi connectivity index (χ3v) is 4.09. The number of amides is 2. The lowest BCUT2D eigenvalue weighted by molar-refractivity contribution is -0.140. The van der Waals surface area contributed by atoms with Gasteiger partial charge < -0.3 is 15.3 Å². The van der Waals surface area contributed by atoms with E-state index in [1.54, 1.807) is 0 Å². The number of nitrogens with one attached hydrogen (secondary N) is 1. The molecule has 122 valence electrons. The smallest absolute Gasteiger partial charge is 0.391 e. The Balaban J connectivity index is 1.95. The molecule has 0 saturated carbocycles. The van der Waals surface area contributed by atoms with Crippen molar-refractivity contribution in [3.63, 3.8) is 0 Å². The van der Waals surface area contributed by atoms with Crippen LogP contribution >= 0.6 is 11.3 Å². The summed E-state index contributed by atoms with van der Waals surface area (Å²) < 4.78 is 37.2. The fourth-order valence-electron chi connectivity index (χ4n) is 2.21. The molecule has 2 rings (SSSR count). The SMILES string of the molecule is CC(=O)N1C[C@H](O)C[C@@H]1C(=O)NCc1nc(C(F)(F)F)cs1. The monoisotopic (exact) mass is 337 g/mol. The van der Waals surface area contributed by atoms with Gasteiger partial charge in [-0.3, -0.25) is 9.59 Å². The van der Waals surface area contributed by atoms with Gasteiger partial charge in [0.05, 0.1) is 12.6 Å². The van der Waals surface area contributed by atoms with Gasteiger partial charge in [-0.05, 0) is 0 Å². The number of aliphatic hydroxyl groups is 1. The van der Waals surface area contributed by atoms with Crippen molar-refractivity contribution in [2.45, 2.75) is 38.2 Å². The number of nitrogens with zero attached hydrogens (tertiary/aromatic N) is 2. The number of alkyl halides is 3. The molecule has 0 aromatic carbocycles. The van der Waals surface area contributed by atoms with Crippen molar-refractivity contribution in [3.8, 4) is 0 Å². The first-order valence-corrected chi connectivity index (χ1v) is 7.31. The van der Waals surface area contributed by atoms with E-state index < -0.39 is 29.9 Å². The van der Waals surface area contributed by atoms with Crippen molar-refractivity contribution in [2.75, 3.05) is 6.54 Å². The Morgan fingerprint density at radius 3 is 2.77 bits per heavy atom. The van der Waals surface area contributed by atoms with E-state index in [1.807, 2.05) is 0 Å². The van der Waals surface area contributed by atoms with Crippen LogP contribution in [0.2, 0.25) is 0 Å². The summed E-state index contributed by atoms with van der Waals surface area (Å²) in [5, 5.41) is 13.0. The number of carbonyl (C=O) groups excluding carboxylic acids is 2. The van der Waals surface area contributed by atoms with Crippen molar-refractivity contribution in [2.24, 2.45) is 0 Å². The zero-order valence-corrected chi connectivity index (χ0v) is 12.4. The van der Waals surface area contributed by atoms with Crippen LogP contribution in [0.5, 0.6) is 0 Å². The summed E-state index contributed by atoms with van der Waals surface area (Å²) in [7, 11) is 0. The predicted octanol–water partition coefficient (Wildman–Crippen LogP) is 0.760. The van der Waals surface area contributed by atoms with Gasteiger partial charge in [-0.25, -0.2) is 4.98 Å². The topological polar surface area (TPSA) is 82.5 Å². The fourth-order valence-corrected chi connectivity index (χ4v) is 2.95. The second kappa shape index (κ2) is 6.21. The van der Waals surface area contributed by atoms with Crippen molar-refractivity contribution in [1.82, 2.24) is 15.2 Å². The van der Waals surface area contributed by atoms with E-state index in [2.05, 4.69) is 10.3 Å². The molecule has 1 fully saturated rings. The van der Waals surface area contributed by atoms with E-state index in [4.69, 9.17) is 0 Å². The maximum absolute atomic E-state index is 12.4. The molecule has 2 atom stereocenters. The van der Waals surface area contributed by atoms with Gasteiger partial charge in [0, 0.05) is 25.3 Å². The van der Waals surface area contributed by atoms with Gasteiger partial charge in [-0.15, -0.1) is 11.3 Å². The first-order chi connectivity index (χ1) is 10.2. The predicted molar refractivity (Wildman–Crippen MR) is 70.8 cm³/mol. The molecule has 2 amide bonds. The number of thiazole rings is 1. The van der Waals surface area contributed by atoms with E-state index in [1.165, 1.54) is 11.8 Å². The molecule has 1 aliphatic rings. The number of likely N-dealkylation sites (tertiary alicyclic amines) is 1. The quantitative estimate of drug-likeness (QED) is 0.853. The molecule has 6 nitrogen and oxygen atoms in total. The number of halogens is 3. The van der Waals surface area contributed by atoms with Crippen molar-refractivity contribution in [1.29, 1.82) is 0 Å². The lowest BCUT2D eigenvalue weighted by Crippen LogP contribution is -2.44. The zero-order valence-electron chi connectivity index (χ0n) is 11.6. The molecule has 2 N–H and O–H groups in total. The van der Waals surface area contributed by atoms with Crippen LogP contribution in [0.1, 0.15) is 24.0 Å². The highest BCUT2D eigenvalue weighted by Crippen LogP contribution is 2.30. The van der Waals surface area contributed by atoms with E-state index in [0.29, 0.717) is 0 Å². The Morgan fingerprint density at radius 2 is 2.23 bits per heavy atom. The summed E-state index contributed by atoms with van der Waals surface area (Å²) in [6.45, 7) is 1.20. The minimum atomic E-state index is -4.51.